The zero-order valence-corrected chi connectivity index (χ0v) is 15.5. The van der Waals surface area contributed by atoms with Crippen LogP contribution in [-0.2, 0) is 24.3 Å². The third kappa shape index (κ3) is 5.01. The van der Waals surface area contributed by atoms with Gasteiger partial charge in [0.15, 0.2) is 0 Å². The van der Waals surface area contributed by atoms with Gasteiger partial charge in [0.1, 0.15) is 0 Å². The predicted molar refractivity (Wildman–Crippen MR) is 96.5 cm³/mol. The van der Waals surface area contributed by atoms with Crippen LogP contribution in [-0.4, -0.2) is 70.7 Å². The molecular formula is C17H25N3O5S. The molecule has 0 saturated carbocycles. The van der Waals surface area contributed by atoms with Gasteiger partial charge in [0.2, 0.25) is 15.9 Å². The van der Waals surface area contributed by atoms with Crippen molar-refractivity contribution >= 4 is 21.6 Å². The molecule has 0 radical (unpaired) electrons. The van der Waals surface area contributed by atoms with Gasteiger partial charge in [-0.25, -0.2) is 8.42 Å². The summed E-state index contributed by atoms with van der Waals surface area (Å²) in [5.74, 6) is -0.219. The minimum absolute atomic E-state index is 0.153. The van der Waals surface area contributed by atoms with Gasteiger partial charge < -0.3 is 20.1 Å². The number of nitrogens with zero attached hydrogens (tertiary/aromatic N) is 1. The summed E-state index contributed by atoms with van der Waals surface area (Å²) in [6, 6.07) is 6.33. The van der Waals surface area contributed by atoms with Crippen molar-refractivity contribution in [1.29, 1.82) is 0 Å². The summed E-state index contributed by atoms with van der Waals surface area (Å²) in [6.07, 6.45) is 2.24. The van der Waals surface area contributed by atoms with E-state index in [4.69, 9.17) is 9.47 Å². The van der Waals surface area contributed by atoms with Crippen LogP contribution in [0.25, 0.3) is 0 Å². The van der Waals surface area contributed by atoms with Crippen LogP contribution in [0.5, 0.6) is 0 Å². The number of hydrogen-bond acceptors (Lipinski definition) is 6. The van der Waals surface area contributed by atoms with E-state index in [0.29, 0.717) is 38.5 Å². The monoisotopic (exact) mass is 383 g/mol. The number of sulfonamides is 1. The highest BCUT2D eigenvalue weighted by Crippen LogP contribution is 2.20. The topological polar surface area (TPSA) is 97.0 Å². The molecular weight excluding hydrogens is 358 g/mol. The molecule has 2 N–H and O–H groups in total. The Balaban J connectivity index is 1.55. The fraction of sp³-hybridized carbons (Fsp3) is 0.588. The first-order chi connectivity index (χ1) is 12.6. The van der Waals surface area contributed by atoms with Gasteiger partial charge in [-0.1, -0.05) is 6.07 Å². The second-order valence-corrected chi connectivity index (χ2v) is 8.30. The minimum atomic E-state index is -3.58. The smallest absolute Gasteiger partial charge is 0.243 e. The Labute approximate surface area is 153 Å². The molecule has 0 aromatic heterocycles. The molecule has 2 heterocycles. The summed E-state index contributed by atoms with van der Waals surface area (Å²) in [7, 11) is -3.58. The Kier molecular flexibility index (Phi) is 6.60. The number of carbonyl (C=O) groups excluding carboxylic acids is 1. The van der Waals surface area contributed by atoms with Gasteiger partial charge in [0, 0.05) is 31.9 Å². The molecule has 2 aliphatic heterocycles. The van der Waals surface area contributed by atoms with Crippen LogP contribution in [0.1, 0.15) is 12.8 Å². The fourth-order valence-corrected chi connectivity index (χ4v) is 4.48. The standard InChI is InChI=1S/C17H25N3O5S/c21-17(13-18-12-15-4-2-8-25-15)19-14-3-1-5-16(11-14)26(22,23)20-6-9-24-10-7-20/h1,3,5,11,15,18H,2,4,6-10,12-13H2,(H,19,21). The number of rotatable bonds is 7. The maximum absolute atomic E-state index is 12.7. The number of anilines is 1. The summed E-state index contributed by atoms with van der Waals surface area (Å²) in [5.41, 5.74) is 0.461. The molecule has 144 valence electrons. The van der Waals surface area contributed by atoms with Crippen molar-refractivity contribution in [3.8, 4) is 0 Å². The molecule has 8 nitrogen and oxygen atoms in total. The summed E-state index contributed by atoms with van der Waals surface area (Å²) in [5, 5.41) is 5.80. The van der Waals surface area contributed by atoms with E-state index >= 15 is 0 Å². The molecule has 0 aliphatic carbocycles. The molecule has 1 amide bonds. The highest BCUT2D eigenvalue weighted by molar-refractivity contribution is 7.89. The first kappa shape index (κ1) is 19.2. The minimum Gasteiger partial charge on any atom is -0.379 e. The van der Waals surface area contributed by atoms with Crippen molar-refractivity contribution in [3.63, 3.8) is 0 Å². The number of benzene rings is 1. The maximum atomic E-state index is 12.7. The van der Waals surface area contributed by atoms with Crippen molar-refractivity contribution in [1.82, 2.24) is 9.62 Å². The van der Waals surface area contributed by atoms with Crippen molar-refractivity contribution in [2.45, 2.75) is 23.8 Å². The normalized spacial score (nSPS) is 21.6. The average molecular weight is 383 g/mol. The van der Waals surface area contributed by atoms with Crippen molar-refractivity contribution in [2.24, 2.45) is 0 Å². The average Bonchev–Trinajstić information content (AvgIpc) is 3.16. The summed E-state index contributed by atoms with van der Waals surface area (Å²) >= 11 is 0. The Hall–Kier alpha value is -1.52. The van der Waals surface area contributed by atoms with E-state index in [0.717, 1.165) is 19.4 Å². The number of carbonyl (C=O) groups is 1. The second-order valence-electron chi connectivity index (χ2n) is 6.36. The summed E-state index contributed by atoms with van der Waals surface area (Å²) in [4.78, 5) is 12.2. The lowest BCUT2D eigenvalue weighted by atomic mass is 10.2. The second kappa shape index (κ2) is 8.92. The van der Waals surface area contributed by atoms with Gasteiger partial charge in [0.05, 0.1) is 30.8 Å². The molecule has 2 saturated heterocycles. The molecule has 26 heavy (non-hydrogen) atoms. The molecule has 1 unspecified atom stereocenters. The van der Waals surface area contributed by atoms with Gasteiger partial charge in [-0.05, 0) is 31.0 Å². The predicted octanol–water partition coefficient (Wildman–Crippen LogP) is 0.415. The molecule has 2 fully saturated rings. The highest BCUT2D eigenvalue weighted by atomic mass is 32.2. The lowest BCUT2D eigenvalue weighted by Crippen LogP contribution is -2.40. The van der Waals surface area contributed by atoms with Gasteiger partial charge in [0.25, 0.3) is 0 Å². The van der Waals surface area contributed by atoms with E-state index in [1.165, 1.54) is 16.4 Å². The number of hydrogen-bond donors (Lipinski definition) is 2. The van der Waals surface area contributed by atoms with E-state index < -0.39 is 10.0 Å². The van der Waals surface area contributed by atoms with E-state index in [1.807, 2.05) is 0 Å². The van der Waals surface area contributed by atoms with Gasteiger partial charge >= 0.3 is 0 Å². The Morgan fingerprint density at radius 1 is 1.23 bits per heavy atom. The molecule has 0 bridgehead atoms. The first-order valence-electron chi connectivity index (χ1n) is 8.86. The van der Waals surface area contributed by atoms with Gasteiger partial charge in [-0.15, -0.1) is 0 Å². The van der Waals surface area contributed by atoms with Crippen molar-refractivity contribution in [3.05, 3.63) is 24.3 Å². The third-order valence-electron chi connectivity index (χ3n) is 4.41. The van der Waals surface area contributed by atoms with Crippen LogP contribution in [0.15, 0.2) is 29.2 Å². The molecule has 3 rings (SSSR count). The number of ether oxygens (including phenoxy) is 2. The van der Waals surface area contributed by atoms with E-state index in [1.54, 1.807) is 12.1 Å². The lowest BCUT2D eigenvalue weighted by Gasteiger charge is -2.26. The van der Waals surface area contributed by atoms with E-state index in [9.17, 15) is 13.2 Å². The van der Waals surface area contributed by atoms with Crippen molar-refractivity contribution in [2.75, 3.05) is 51.3 Å². The van der Waals surface area contributed by atoms with Crippen LogP contribution in [0.2, 0.25) is 0 Å². The molecule has 1 aromatic carbocycles. The zero-order valence-electron chi connectivity index (χ0n) is 14.6. The molecule has 2 aliphatic rings. The zero-order chi connectivity index (χ0) is 18.4. The molecule has 1 aromatic rings. The largest absolute Gasteiger partial charge is 0.379 e. The number of nitrogens with one attached hydrogen (secondary N) is 2. The SMILES string of the molecule is O=C(CNCC1CCCO1)Nc1cccc(S(=O)(=O)N2CCOCC2)c1. The van der Waals surface area contributed by atoms with Crippen LogP contribution in [0, 0.1) is 0 Å². The first-order valence-corrected chi connectivity index (χ1v) is 10.3. The number of morpholine rings is 1. The van der Waals surface area contributed by atoms with Crippen LogP contribution >= 0.6 is 0 Å². The Bertz CT molecular complexity index is 713. The van der Waals surface area contributed by atoms with Gasteiger partial charge in [-0.2, -0.15) is 4.31 Å². The lowest BCUT2D eigenvalue weighted by molar-refractivity contribution is -0.115. The highest BCUT2D eigenvalue weighted by Gasteiger charge is 2.26. The maximum Gasteiger partial charge on any atom is 0.243 e. The van der Waals surface area contributed by atoms with Crippen molar-refractivity contribution < 1.29 is 22.7 Å². The Morgan fingerprint density at radius 2 is 2.04 bits per heavy atom. The summed E-state index contributed by atoms with van der Waals surface area (Å²) in [6.45, 7) is 3.04. The van der Waals surface area contributed by atoms with Crippen LogP contribution in [0.3, 0.4) is 0 Å². The summed E-state index contributed by atoms with van der Waals surface area (Å²) < 4.78 is 37.4. The van der Waals surface area contributed by atoms with E-state index in [-0.39, 0.29) is 23.5 Å². The van der Waals surface area contributed by atoms with E-state index in [2.05, 4.69) is 10.6 Å². The Morgan fingerprint density at radius 3 is 2.77 bits per heavy atom. The number of amides is 1. The quantitative estimate of drug-likeness (QED) is 0.708. The van der Waals surface area contributed by atoms with Crippen LogP contribution < -0.4 is 10.6 Å². The third-order valence-corrected chi connectivity index (χ3v) is 6.30. The fourth-order valence-electron chi connectivity index (χ4n) is 3.03. The molecule has 9 heteroatoms. The van der Waals surface area contributed by atoms with Crippen LogP contribution in [0.4, 0.5) is 5.69 Å². The van der Waals surface area contributed by atoms with Gasteiger partial charge in [-0.3, -0.25) is 4.79 Å². The molecule has 1 atom stereocenters. The molecule has 0 spiro atoms.